The van der Waals surface area contributed by atoms with Gasteiger partial charge < -0.3 is 5.11 Å². The summed E-state index contributed by atoms with van der Waals surface area (Å²) in [6, 6.07) is 7.05. The van der Waals surface area contributed by atoms with E-state index in [2.05, 4.69) is 22.6 Å². The van der Waals surface area contributed by atoms with Crippen LogP contribution in [0, 0.1) is 3.57 Å². The first kappa shape index (κ1) is 13.2. The molecule has 0 bridgehead atoms. The first-order chi connectivity index (χ1) is 5.74. The van der Waals surface area contributed by atoms with E-state index in [9.17, 15) is 9.90 Å². The molecule has 1 rings (SSSR count). The molecule has 4 heteroatoms. The SMILES string of the molecule is O=C(/C=C/[O-])c1ccc(I)cc1.[Na+]. The summed E-state index contributed by atoms with van der Waals surface area (Å²) >= 11 is 2.15. The van der Waals surface area contributed by atoms with Gasteiger partial charge in [-0.1, -0.05) is 12.1 Å². The predicted molar refractivity (Wildman–Crippen MR) is 52.6 cm³/mol. The van der Waals surface area contributed by atoms with Crippen LogP contribution in [0.4, 0.5) is 0 Å². The van der Waals surface area contributed by atoms with Crippen LogP contribution in [0.15, 0.2) is 36.6 Å². The molecule has 0 aliphatic heterocycles. The molecule has 0 saturated heterocycles. The van der Waals surface area contributed by atoms with Gasteiger partial charge in [0.1, 0.15) is 0 Å². The number of benzene rings is 1. The van der Waals surface area contributed by atoms with Gasteiger partial charge in [-0.05, 0) is 40.8 Å². The zero-order valence-electron chi connectivity index (χ0n) is 7.16. The fourth-order valence-electron chi connectivity index (χ4n) is 0.772. The number of carbonyl (C=O) groups excluding carboxylic acids is 1. The van der Waals surface area contributed by atoms with Gasteiger partial charge in [0.2, 0.25) is 0 Å². The Bertz CT molecular complexity index is 306. The molecule has 0 spiro atoms. The normalized spacial score (nSPS) is 9.62. The quantitative estimate of drug-likeness (QED) is 0.216. The van der Waals surface area contributed by atoms with Gasteiger partial charge in [-0.15, -0.1) is 6.26 Å². The molecular formula is C9H6INaO2. The zero-order valence-corrected chi connectivity index (χ0v) is 11.3. The van der Waals surface area contributed by atoms with Crippen LogP contribution in [0.1, 0.15) is 10.4 Å². The number of halogens is 1. The molecule has 0 saturated carbocycles. The van der Waals surface area contributed by atoms with Gasteiger partial charge >= 0.3 is 29.6 Å². The van der Waals surface area contributed by atoms with Crippen LogP contribution in [0.25, 0.3) is 0 Å². The van der Waals surface area contributed by atoms with E-state index >= 15 is 0 Å². The minimum absolute atomic E-state index is 0. The molecule has 13 heavy (non-hydrogen) atoms. The number of hydrogen-bond acceptors (Lipinski definition) is 2. The summed E-state index contributed by atoms with van der Waals surface area (Å²) in [4.78, 5) is 11.1. The molecular weight excluding hydrogens is 290 g/mol. The molecule has 0 fully saturated rings. The average molecular weight is 296 g/mol. The minimum atomic E-state index is -0.249. The number of allylic oxidation sites excluding steroid dienone is 1. The smallest absolute Gasteiger partial charge is 0.878 e. The van der Waals surface area contributed by atoms with E-state index in [1.807, 2.05) is 12.1 Å². The predicted octanol–water partition coefficient (Wildman–Crippen LogP) is -1.65. The van der Waals surface area contributed by atoms with Gasteiger partial charge in [-0.2, -0.15) is 0 Å². The average Bonchev–Trinajstić information content (AvgIpc) is 2.06. The van der Waals surface area contributed by atoms with E-state index < -0.39 is 0 Å². The molecule has 62 valence electrons. The van der Waals surface area contributed by atoms with E-state index in [1.165, 1.54) is 0 Å². The number of rotatable bonds is 2. The van der Waals surface area contributed by atoms with Crippen LogP contribution in [0.2, 0.25) is 0 Å². The van der Waals surface area contributed by atoms with E-state index in [-0.39, 0.29) is 35.3 Å². The van der Waals surface area contributed by atoms with Gasteiger partial charge in [0, 0.05) is 9.13 Å². The Kier molecular flexibility index (Phi) is 6.67. The summed E-state index contributed by atoms with van der Waals surface area (Å²) in [5, 5.41) is 9.98. The second kappa shape index (κ2) is 6.59. The molecule has 0 amide bonds. The summed E-state index contributed by atoms with van der Waals surface area (Å²) < 4.78 is 1.07. The van der Waals surface area contributed by atoms with Gasteiger partial charge in [0.05, 0.1) is 0 Å². The summed E-state index contributed by atoms with van der Waals surface area (Å²) in [7, 11) is 0. The molecule has 2 nitrogen and oxygen atoms in total. The third-order valence-electron chi connectivity index (χ3n) is 1.35. The molecule has 0 heterocycles. The number of ketones is 1. The Hall–Kier alpha value is 0.160. The molecule has 1 aromatic carbocycles. The van der Waals surface area contributed by atoms with E-state index in [0.717, 1.165) is 9.65 Å². The maximum Gasteiger partial charge on any atom is 1.00 e. The topological polar surface area (TPSA) is 40.1 Å². The number of hydrogen-bond donors (Lipinski definition) is 0. The molecule has 0 atom stereocenters. The van der Waals surface area contributed by atoms with Crippen molar-refractivity contribution in [3.63, 3.8) is 0 Å². The van der Waals surface area contributed by atoms with Crippen LogP contribution in [-0.4, -0.2) is 5.78 Å². The van der Waals surface area contributed by atoms with Crippen LogP contribution >= 0.6 is 22.6 Å². The molecule has 1 aromatic rings. The second-order valence-corrected chi connectivity index (χ2v) is 3.42. The first-order valence-corrected chi connectivity index (χ1v) is 4.40. The minimum Gasteiger partial charge on any atom is -0.878 e. The van der Waals surface area contributed by atoms with Crippen molar-refractivity contribution in [3.8, 4) is 0 Å². The van der Waals surface area contributed by atoms with E-state index in [0.29, 0.717) is 11.8 Å². The fraction of sp³-hybridized carbons (Fsp3) is 0. The summed E-state index contributed by atoms with van der Waals surface area (Å²) in [5.41, 5.74) is 0.544. The molecule has 0 aliphatic rings. The number of carbonyl (C=O) groups is 1. The van der Waals surface area contributed by atoms with Crippen LogP contribution in [0.5, 0.6) is 0 Å². The van der Waals surface area contributed by atoms with Gasteiger partial charge in [-0.25, -0.2) is 0 Å². The van der Waals surface area contributed by atoms with E-state index in [1.54, 1.807) is 12.1 Å². The molecule has 0 aliphatic carbocycles. The standard InChI is InChI=1S/C9H7IO2.Na/c10-8-3-1-7(2-4-8)9(12)5-6-11;/h1-6,11H;/q;+1/p-1/b6-5+;. The van der Waals surface area contributed by atoms with Crippen molar-refractivity contribution in [1.82, 2.24) is 0 Å². The van der Waals surface area contributed by atoms with Crippen molar-refractivity contribution in [2.45, 2.75) is 0 Å². The van der Waals surface area contributed by atoms with Crippen LogP contribution in [-0.2, 0) is 0 Å². The third-order valence-corrected chi connectivity index (χ3v) is 2.07. The van der Waals surface area contributed by atoms with Crippen molar-refractivity contribution in [2.24, 2.45) is 0 Å². The largest absolute Gasteiger partial charge is 1.00 e. The zero-order chi connectivity index (χ0) is 8.97. The maximum atomic E-state index is 11.1. The Morgan fingerprint density at radius 1 is 1.31 bits per heavy atom. The van der Waals surface area contributed by atoms with Crippen molar-refractivity contribution >= 4 is 28.4 Å². The Morgan fingerprint density at radius 3 is 2.31 bits per heavy atom. The van der Waals surface area contributed by atoms with Crippen molar-refractivity contribution < 1.29 is 39.5 Å². The van der Waals surface area contributed by atoms with Crippen LogP contribution in [0.3, 0.4) is 0 Å². The Morgan fingerprint density at radius 2 is 1.85 bits per heavy atom. The van der Waals surface area contributed by atoms with E-state index in [4.69, 9.17) is 0 Å². The second-order valence-electron chi connectivity index (χ2n) is 2.17. The molecule has 0 aromatic heterocycles. The monoisotopic (exact) mass is 296 g/mol. The molecule has 0 radical (unpaired) electrons. The van der Waals surface area contributed by atoms with Crippen molar-refractivity contribution in [3.05, 3.63) is 45.7 Å². The van der Waals surface area contributed by atoms with Gasteiger partial charge in [0.25, 0.3) is 0 Å². The molecule has 0 N–H and O–H groups in total. The fourth-order valence-corrected chi connectivity index (χ4v) is 1.13. The Labute approximate surface area is 112 Å². The maximum absolute atomic E-state index is 11.1. The molecule has 0 unspecified atom stereocenters. The first-order valence-electron chi connectivity index (χ1n) is 3.32. The van der Waals surface area contributed by atoms with Crippen molar-refractivity contribution in [2.75, 3.05) is 0 Å². The summed E-state index contributed by atoms with van der Waals surface area (Å²) in [6.07, 6.45) is 1.52. The summed E-state index contributed by atoms with van der Waals surface area (Å²) in [5.74, 6) is -0.249. The summed E-state index contributed by atoms with van der Waals surface area (Å²) in [6.45, 7) is 0. The van der Waals surface area contributed by atoms with Crippen LogP contribution < -0.4 is 34.7 Å². The van der Waals surface area contributed by atoms with Gasteiger partial charge in [-0.3, -0.25) is 4.79 Å². The Balaban J connectivity index is 0.00000144. The van der Waals surface area contributed by atoms with Gasteiger partial charge in [0.15, 0.2) is 5.78 Å². The third kappa shape index (κ3) is 4.26. The van der Waals surface area contributed by atoms with Crippen molar-refractivity contribution in [1.29, 1.82) is 0 Å².